The van der Waals surface area contributed by atoms with Gasteiger partial charge in [-0.15, -0.1) is 0 Å². The molecule has 1 N–H and O–H groups in total. The van der Waals surface area contributed by atoms with Gasteiger partial charge in [0.1, 0.15) is 16.8 Å². The van der Waals surface area contributed by atoms with Gasteiger partial charge in [-0.3, -0.25) is 0 Å². The number of benzene rings is 1. The van der Waals surface area contributed by atoms with Gasteiger partial charge in [-0.2, -0.15) is 5.26 Å². The molecular weight excluding hydrogens is 248 g/mol. The first-order valence-electron chi connectivity index (χ1n) is 5.41. The number of aromatic nitrogens is 2. The first-order valence-corrected chi connectivity index (χ1v) is 5.79. The van der Waals surface area contributed by atoms with E-state index >= 15 is 0 Å². The molecule has 90 valence electrons. The highest BCUT2D eigenvalue weighted by Gasteiger charge is 2.00. The molecule has 2 aromatic rings. The second kappa shape index (κ2) is 5.48. The topological polar surface area (TPSA) is 61.6 Å². The molecule has 1 heterocycles. The van der Waals surface area contributed by atoms with Gasteiger partial charge in [0.2, 0.25) is 0 Å². The van der Waals surface area contributed by atoms with E-state index < -0.39 is 0 Å². The SMILES string of the molecule is Cc1nc(Cl)cc(NCc2ccc(C#N)cc2)n1. The highest BCUT2D eigenvalue weighted by Crippen LogP contribution is 2.12. The molecule has 0 atom stereocenters. The van der Waals surface area contributed by atoms with Crippen molar-refractivity contribution in [3.05, 3.63) is 52.4 Å². The van der Waals surface area contributed by atoms with Crippen molar-refractivity contribution in [1.29, 1.82) is 5.26 Å². The average Bonchev–Trinajstić information content (AvgIpc) is 2.36. The van der Waals surface area contributed by atoms with Gasteiger partial charge < -0.3 is 5.32 Å². The Morgan fingerprint density at radius 2 is 2.00 bits per heavy atom. The molecule has 1 aromatic carbocycles. The van der Waals surface area contributed by atoms with Crippen LogP contribution in [0.4, 0.5) is 5.82 Å². The van der Waals surface area contributed by atoms with Crippen molar-refractivity contribution in [1.82, 2.24) is 9.97 Å². The predicted octanol–water partition coefficient (Wildman–Crippen LogP) is 2.92. The summed E-state index contributed by atoms with van der Waals surface area (Å²) in [5, 5.41) is 12.3. The summed E-state index contributed by atoms with van der Waals surface area (Å²) in [7, 11) is 0. The van der Waals surface area contributed by atoms with Crippen LogP contribution < -0.4 is 5.32 Å². The number of hydrogen-bond acceptors (Lipinski definition) is 4. The number of anilines is 1. The van der Waals surface area contributed by atoms with E-state index in [1.807, 2.05) is 12.1 Å². The van der Waals surface area contributed by atoms with Crippen LogP contribution in [0.25, 0.3) is 0 Å². The second-order valence-electron chi connectivity index (χ2n) is 3.79. The van der Waals surface area contributed by atoms with Crippen LogP contribution in [0.3, 0.4) is 0 Å². The van der Waals surface area contributed by atoms with Crippen molar-refractivity contribution >= 4 is 17.4 Å². The quantitative estimate of drug-likeness (QED) is 0.860. The van der Waals surface area contributed by atoms with E-state index in [-0.39, 0.29) is 0 Å². The zero-order valence-electron chi connectivity index (χ0n) is 9.81. The molecule has 0 aliphatic carbocycles. The van der Waals surface area contributed by atoms with Crippen molar-refractivity contribution in [3.63, 3.8) is 0 Å². The number of nitriles is 1. The molecule has 0 saturated carbocycles. The maximum atomic E-state index is 8.70. The van der Waals surface area contributed by atoms with Gasteiger partial charge in [0, 0.05) is 12.6 Å². The van der Waals surface area contributed by atoms with Crippen LogP contribution in [-0.2, 0) is 6.54 Å². The molecule has 5 heteroatoms. The standard InChI is InChI=1S/C13H11ClN4/c1-9-17-12(14)6-13(18-9)16-8-11-4-2-10(7-15)3-5-11/h2-6H,8H2,1H3,(H,16,17,18). The molecule has 0 spiro atoms. The fraction of sp³-hybridized carbons (Fsp3) is 0.154. The Morgan fingerprint density at radius 1 is 1.28 bits per heavy atom. The molecule has 0 aliphatic rings. The maximum Gasteiger partial charge on any atom is 0.134 e. The normalized spacial score (nSPS) is 9.83. The van der Waals surface area contributed by atoms with E-state index in [0.29, 0.717) is 28.9 Å². The lowest BCUT2D eigenvalue weighted by atomic mass is 10.1. The van der Waals surface area contributed by atoms with E-state index in [1.54, 1.807) is 25.1 Å². The van der Waals surface area contributed by atoms with Crippen molar-refractivity contribution in [2.75, 3.05) is 5.32 Å². The van der Waals surface area contributed by atoms with Crippen LogP contribution in [0.5, 0.6) is 0 Å². The van der Waals surface area contributed by atoms with Crippen molar-refractivity contribution in [2.24, 2.45) is 0 Å². The zero-order valence-corrected chi connectivity index (χ0v) is 10.6. The fourth-order valence-corrected chi connectivity index (χ4v) is 1.74. The molecular formula is C13H11ClN4. The van der Waals surface area contributed by atoms with Gasteiger partial charge in [-0.05, 0) is 24.6 Å². The minimum absolute atomic E-state index is 0.421. The number of nitrogens with one attached hydrogen (secondary N) is 1. The number of hydrogen-bond donors (Lipinski definition) is 1. The molecule has 0 fully saturated rings. The smallest absolute Gasteiger partial charge is 0.134 e. The largest absolute Gasteiger partial charge is 0.366 e. The summed E-state index contributed by atoms with van der Waals surface area (Å²) in [6, 6.07) is 11.1. The molecule has 0 saturated heterocycles. The van der Waals surface area contributed by atoms with E-state index in [2.05, 4.69) is 21.4 Å². The van der Waals surface area contributed by atoms with Crippen LogP contribution in [0.15, 0.2) is 30.3 Å². The Kier molecular flexibility index (Phi) is 3.75. The first-order chi connectivity index (χ1) is 8.67. The molecule has 4 nitrogen and oxygen atoms in total. The average molecular weight is 259 g/mol. The van der Waals surface area contributed by atoms with E-state index in [0.717, 1.165) is 5.56 Å². The summed E-state index contributed by atoms with van der Waals surface area (Å²) in [4.78, 5) is 8.21. The maximum absolute atomic E-state index is 8.70. The molecule has 0 radical (unpaired) electrons. The minimum Gasteiger partial charge on any atom is -0.366 e. The Morgan fingerprint density at radius 3 is 2.61 bits per heavy atom. The van der Waals surface area contributed by atoms with Gasteiger partial charge in [0.05, 0.1) is 11.6 Å². The molecule has 1 aromatic heterocycles. The van der Waals surface area contributed by atoms with Crippen LogP contribution in [-0.4, -0.2) is 9.97 Å². The molecule has 0 aliphatic heterocycles. The highest BCUT2D eigenvalue weighted by atomic mass is 35.5. The zero-order chi connectivity index (χ0) is 13.0. The van der Waals surface area contributed by atoms with E-state index in [1.165, 1.54) is 0 Å². The van der Waals surface area contributed by atoms with Crippen LogP contribution in [0.1, 0.15) is 17.0 Å². The van der Waals surface area contributed by atoms with Crippen LogP contribution in [0.2, 0.25) is 5.15 Å². The lowest BCUT2D eigenvalue weighted by Gasteiger charge is -2.06. The summed E-state index contributed by atoms with van der Waals surface area (Å²) >= 11 is 5.84. The van der Waals surface area contributed by atoms with E-state index in [9.17, 15) is 0 Å². The Labute approximate surface area is 110 Å². The molecule has 2 rings (SSSR count). The molecule has 0 bridgehead atoms. The van der Waals surface area contributed by atoms with Crippen molar-refractivity contribution in [3.8, 4) is 6.07 Å². The molecule has 0 amide bonds. The Hall–Kier alpha value is -2.12. The highest BCUT2D eigenvalue weighted by molar-refractivity contribution is 6.29. The lowest BCUT2D eigenvalue weighted by Crippen LogP contribution is -2.03. The number of nitrogens with zero attached hydrogens (tertiary/aromatic N) is 3. The fourth-order valence-electron chi connectivity index (χ4n) is 1.51. The Bertz CT molecular complexity index is 567. The number of aryl methyl sites for hydroxylation is 1. The Balaban J connectivity index is 2.04. The molecule has 18 heavy (non-hydrogen) atoms. The third kappa shape index (κ3) is 3.19. The van der Waals surface area contributed by atoms with E-state index in [4.69, 9.17) is 16.9 Å². The summed E-state index contributed by atoms with van der Waals surface area (Å²) in [6.45, 7) is 2.41. The third-order valence-corrected chi connectivity index (χ3v) is 2.56. The van der Waals surface area contributed by atoms with Crippen molar-refractivity contribution in [2.45, 2.75) is 13.5 Å². The van der Waals surface area contributed by atoms with Gasteiger partial charge in [0.25, 0.3) is 0 Å². The van der Waals surface area contributed by atoms with Gasteiger partial charge in [0.15, 0.2) is 0 Å². The predicted molar refractivity (Wildman–Crippen MR) is 70.3 cm³/mol. The first kappa shape index (κ1) is 12.3. The molecule has 0 unspecified atom stereocenters. The summed E-state index contributed by atoms with van der Waals surface area (Å²) in [5.74, 6) is 1.32. The summed E-state index contributed by atoms with van der Waals surface area (Å²) in [5.41, 5.74) is 1.72. The lowest BCUT2D eigenvalue weighted by molar-refractivity contribution is 1.02. The number of rotatable bonds is 3. The third-order valence-electron chi connectivity index (χ3n) is 2.36. The summed E-state index contributed by atoms with van der Waals surface area (Å²) < 4.78 is 0. The van der Waals surface area contributed by atoms with Gasteiger partial charge >= 0.3 is 0 Å². The van der Waals surface area contributed by atoms with Gasteiger partial charge in [-0.25, -0.2) is 9.97 Å². The monoisotopic (exact) mass is 258 g/mol. The van der Waals surface area contributed by atoms with Crippen LogP contribution >= 0.6 is 11.6 Å². The summed E-state index contributed by atoms with van der Waals surface area (Å²) in [6.07, 6.45) is 0. The minimum atomic E-state index is 0.421. The number of halogens is 1. The van der Waals surface area contributed by atoms with Crippen LogP contribution in [0, 0.1) is 18.3 Å². The van der Waals surface area contributed by atoms with Crippen molar-refractivity contribution < 1.29 is 0 Å². The second-order valence-corrected chi connectivity index (χ2v) is 4.17. The van der Waals surface area contributed by atoms with Gasteiger partial charge in [-0.1, -0.05) is 23.7 Å².